The Hall–Kier alpha value is -3.02. The first-order valence-electron chi connectivity index (χ1n) is 10.7. The van der Waals surface area contributed by atoms with E-state index >= 15 is 0 Å². The van der Waals surface area contributed by atoms with Crippen molar-refractivity contribution in [1.82, 2.24) is 5.32 Å². The fraction of sp³-hybridized carbons (Fsp3) is 0.417. The summed E-state index contributed by atoms with van der Waals surface area (Å²) in [7, 11) is 0. The van der Waals surface area contributed by atoms with Gasteiger partial charge in [0.25, 0.3) is 5.91 Å². The molecule has 1 atom stereocenters. The van der Waals surface area contributed by atoms with E-state index in [9.17, 15) is 9.59 Å². The molecule has 0 unspecified atom stereocenters. The van der Waals surface area contributed by atoms with Crippen LogP contribution in [0.25, 0.3) is 0 Å². The molecule has 0 bridgehead atoms. The van der Waals surface area contributed by atoms with Crippen LogP contribution < -0.4 is 20.9 Å². The van der Waals surface area contributed by atoms with E-state index in [0.29, 0.717) is 11.3 Å². The second-order valence-electron chi connectivity index (χ2n) is 8.05. The first-order valence-corrected chi connectivity index (χ1v) is 10.7. The van der Waals surface area contributed by atoms with Crippen molar-refractivity contribution >= 4 is 29.0 Å². The van der Waals surface area contributed by atoms with Gasteiger partial charge in [0.2, 0.25) is 0 Å². The molecule has 2 aromatic rings. The number of rotatable bonds is 6. The van der Waals surface area contributed by atoms with E-state index in [2.05, 4.69) is 20.9 Å². The van der Waals surface area contributed by atoms with Gasteiger partial charge in [-0.2, -0.15) is 0 Å². The minimum Gasteiger partial charge on any atom is -0.371 e. The fourth-order valence-electron chi connectivity index (χ4n) is 3.72. The smallest absolute Gasteiger partial charge is 0.323 e. The number of aryl methyl sites for hydroxylation is 2. The highest BCUT2D eigenvalue weighted by Crippen LogP contribution is 2.28. The molecule has 1 aliphatic heterocycles. The molecule has 3 N–H and O–H groups in total. The SMILES string of the molecule is CC[C@H](C)NC(=O)c1cc(NC(=O)Nc2c(C)cccc2C)ccc1N1CCCC1. The second kappa shape index (κ2) is 9.65. The van der Waals surface area contributed by atoms with Crippen molar-refractivity contribution in [3.05, 3.63) is 53.1 Å². The second-order valence-corrected chi connectivity index (χ2v) is 8.05. The largest absolute Gasteiger partial charge is 0.371 e. The Morgan fingerprint density at radius 3 is 2.33 bits per heavy atom. The van der Waals surface area contributed by atoms with E-state index in [4.69, 9.17) is 0 Å². The lowest BCUT2D eigenvalue weighted by molar-refractivity contribution is 0.0939. The molecule has 1 fully saturated rings. The normalized spacial score (nSPS) is 14.3. The molecule has 1 saturated heterocycles. The maximum Gasteiger partial charge on any atom is 0.323 e. The molecule has 0 spiro atoms. The molecular weight excluding hydrogens is 376 g/mol. The number of amides is 3. The zero-order valence-corrected chi connectivity index (χ0v) is 18.3. The first-order chi connectivity index (χ1) is 14.4. The van der Waals surface area contributed by atoms with Crippen molar-refractivity contribution in [2.45, 2.75) is 53.0 Å². The predicted molar refractivity (Wildman–Crippen MR) is 124 cm³/mol. The van der Waals surface area contributed by atoms with Crippen molar-refractivity contribution < 1.29 is 9.59 Å². The summed E-state index contributed by atoms with van der Waals surface area (Å²) in [4.78, 5) is 27.8. The Bertz CT molecular complexity index is 899. The number of hydrogen-bond acceptors (Lipinski definition) is 3. The number of carbonyl (C=O) groups is 2. The topological polar surface area (TPSA) is 73.5 Å². The summed E-state index contributed by atoms with van der Waals surface area (Å²) in [6.45, 7) is 9.86. The van der Waals surface area contributed by atoms with Gasteiger partial charge in [-0.25, -0.2) is 4.79 Å². The van der Waals surface area contributed by atoms with Gasteiger partial charge < -0.3 is 20.9 Å². The Balaban J connectivity index is 1.81. The summed E-state index contributed by atoms with van der Waals surface area (Å²) in [5.74, 6) is -0.106. The molecule has 6 nitrogen and oxygen atoms in total. The van der Waals surface area contributed by atoms with E-state index < -0.39 is 0 Å². The number of carbonyl (C=O) groups excluding carboxylic acids is 2. The highest BCUT2D eigenvalue weighted by molar-refractivity contribution is 6.04. The third-order valence-electron chi connectivity index (χ3n) is 5.66. The van der Waals surface area contributed by atoms with E-state index in [1.54, 1.807) is 6.07 Å². The van der Waals surface area contributed by atoms with Crippen LogP contribution in [0.5, 0.6) is 0 Å². The number of anilines is 3. The Labute approximate surface area is 179 Å². The molecule has 3 rings (SSSR count). The molecule has 0 radical (unpaired) electrons. The maximum absolute atomic E-state index is 12.9. The molecule has 160 valence electrons. The number of benzene rings is 2. The predicted octanol–water partition coefficient (Wildman–Crippen LogP) is 5.08. The minimum absolute atomic E-state index is 0.0906. The molecule has 0 saturated carbocycles. The quantitative estimate of drug-likeness (QED) is 0.624. The van der Waals surface area contributed by atoms with Gasteiger partial charge in [-0.15, -0.1) is 0 Å². The number of nitrogens with zero attached hydrogens (tertiary/aromatic N) is 1. The van der Waals surface area contributed by atoms with Crippen LogP contribution in [0, 0.1) is 13.8 Å². The average Bonchev–Trinajstić information content (AvgIpc) is 3.25. The molecule has 3 amide bonds. The summed E-state index contributed by atoms with van der Waals surface area (Å²) in [5, 5.41) is 8.85. The van der Waals surface area contributed by atoms with Gasteiger partial charge in [0, 0.05) is 36.2 Å². The molecule has 30 heavy (non-hydrogen) atoms. The summed E-state index contributed by atoms with van der Waals surface area (Å²) >= 11 is 0. The first kappa shape index (κ1) is 21.7. The molecule has 0 aliphatic carbocycles. The maximum atomic E-state index is 12.9. The van der Waals surface area contributed by atoms with Gasteiger partial charge in [-0.05, 0) is 69.4 Å². The van der Waals surface area contributed by atoms with Gasteiger partial charge in [-0.3, -0.25) is 4.79 Å². The highest BCUT2D eigenvalue weighted by Gasteiger charge is 2.21. The molecule has 2 aromatic carbocycles. The van der Waals surface area contributed by atoms with E-state index in [-0.39, 0.29) is 18.0 Å². The highest BCUT2D eigenvalue weighted by atomic mass is 16.2. The third kappa shape index (κ3) is 5.12. The van der Waals surface area contributed by atoms with Crippen LogP contribution in [0.2, 0.25) is 0 Å². The van der Waals surface area contributed by atoms with Gasteiger partial charge in [0.05, 0.1) is 5.56 Å². The summed E-state index contributed by atoms with van der Waals surface area (Å²) in [6, 6.07) is 11.2. The molecule has 1 aliphatic rings. The van der Waals surface area contributed by atoms with Crippen molar-refractivity contribution in [2.75, 3.05) is 28.6 Å². The standard InChI is InChI=1S/C24H32N4O2/c1-5-18(4)25-23(29)20-15-19(11-12-21(20)28-13-6-7-14-28)26-24(30)27-22-16(2)9-8-10-17(22)3/h8-12,15,18H,5-7,13-14H2,1-4H3,(H,25,29)(H2,26,27,30)/t18-/m0/s1. The molecule has 0 aromatic heterocycles. The van der Waals surface area contributed by atoms with Crippen LogP contribution in [0.1, 0.15) is 54.6 Å². The molecule has 6 heteroatoms. The van der Waals surface area contributed by atoms with Crippen LogP contribution >= 0.6 is 0 Å². The molecular formula is C24H32N4O2. The minimum atomic E-state index is -0.324. The Morgan fingerprint density at radius 1 is 1.03 bits per heavy atom. The van der Waals surface area contributed by atoms with Crippen molar-refractivity contribution in [1.29, 1.82) is 0 Å². The van der Waals surface area contributed by atoms with Gasteiger partial charge >= 0.3 is 6.03 Å². The lowest BCUT2D eigenvalue weighted by atomic mass is 10.1. The van der Waals surface area contributed by atoms with Gasteiger partial charge in [-0.1, -0.05) is 25.1 Å². The number of para-hydroxylation sites is 1. The van der Waals surface area contributed by atoms with Gasteiger partial charge in [0.15, 0.2) is 0 Å². The fourth-order valence-corrected chi connectivity index (χ4v) is 3.72. The summed E-state index contributed by atoms with van der Waals surface area (Å²) in [6.07, 6.45) is 3.12. The lowest BCUT2D eigenvalue weighted by Gasteiger charge is -2.23. The zero-order chi connectivity index (χ0) is 21.7. The molecule has 1 heterocycles. The zero-order valence-electron chi connectivity index (χ0n) is 18.3. The third-order valence-corrected chi connectivity index (χ3v) is 5.66. The van der Waals surface area contributed by atoms with Crippen molar-refractivity contribution in [2.24, 2.45) is 0 Å². The summed E-state index contributed by atoms with van der Waals surface area (Å²) < 4.78 is 0. The lowest BCUT2D eigenvalue weighted by Crippen LogP contribution is -2.33. The Morgan fingerprint density at radius 2 is 1.70 bits per heavy atom. The van der Waals surface area contributed by atoms with Crippen LogP contribution in [0.4, 0.5) is 21.9 Å². The number of nitrogens with one attached hydrogen (secondary N) is 3. The van der Waals surface area contributed by atoms with Crippen molar-refractivity contribution in [3.63, 3.8) is 0 Å². The van der Waals surface area contributed by atoms with Gasteiger partial charge in [0.1, 0.15) is 0 Å². The van der Waals surface area contributed by atoms with E-state index in [1.807, 2.05) is 58.0 Å². The van der Waals surface area contributed by atoms with Crippen LogP contribution in [-0.4, -0.2) is 31.1 Å². The monoisotopic (exact) mass is 408 g/mol. The van der Waals surface area contributed by atoms with E-state index in [0.717, 1.165) is 54.9 Å². The van der Waals surface area contributed by atoms with Crippen LogP contribution in [0.3, 0.4) is 0 Å². The summed E-state index contributed by atoms with van der Waals surface area (Å²) in [5.41, 5.74) is 4.93. The Kier molecular flexibility index (Phi) is 6.98. The average molecular weight is 409 g/mol. The van der Waals surface area contributed by atoms with Crippen LogP contribution in [-0.2, 0) is 0 Å². The van der Waals surface area contributed by atoms with E-state index in [1.165, 1.54) is 0 Å². The number of hydrogen-bond donors (Lipinski definition) is 3. The number of urea groups is 1. The van der Waals surface area contributed by atoms with Crippen LogP contribution in [0.15, 0.2) is 36.4 Å². The van der Waals surface area contributed by atoms with Crippen molar-refractivity contribution in [3.8, 4) is 0 Å².